The molecular weight excluding hydrogens is 96.1 g/mol. The highest BCUT2D eigenvalue weighted by Gasteiger charge is 2.88. The Labute approximate surface area is 50.3 Å². The minimum Gasteiger partial charge on any atom is -0.0651 e. The van der Waals surface area contributed by atoms with Crippen molar-refractivity contribution in [3.8, 4) is 0 Å². The first-order chi connectivity index (χ1) is 3.91. The Kier molecular flexibility index (Phi) is 0.381. The van der Waals surface area contributed by atoms with Crippen LogP contribution < -0.4 is 0 Å². The molecule has 0 bridgehead atoms. The first kappa shape index (κ1) is 3.92. The molecule has 0 heteroatoms. The molecule has 3 rings (SSSR count). The molecule has 0 N–H and O–H groups in total. The molecule has 44 valence electrons. The van der Waals surface area contributed by atoms with E-state index in [1.54, 1.807) is 12.8 Å². The summed E-state index contributed by atoms with van der Waals surface area (Å²) >= 11 is 0. The van der Waals surface area contributed by atoms with Crippen molar-refractivity contribution in [3.05, 3.63) is 0 Å². The molecule has 0 heterocycles. The van der Waals surface area contributed by atoms with Gasteiger partial charge in [-0.15, -0.1) is 0 Å². The van der Waals surface area contributed by atoms with E-state index < -0.39 is 0 Å². The molecule has 0 saturated heterocycles. The maximum absolute atomic E-state index is 2.35. The normalized spacial score (nSPS) is 72.4. The Bertz CT molecular complexity index is 144. The van der Waals surface area contributed by atoms with Gasteiger partial charge in [-0.3, -0.25) is 0 Å². The molecule has 0 aromatic heterocycles. The summed E-state index contributed by atoms with van der Waals surface area (Å²) in [5.41, 5.74) is 1.02. The predicted octanol–water partition coefficient (Wildman–Crippen LogP) is 2.05. The molecule has 3 fully saturated rings. The third-order valence-electron chi connectivity index (χ3n) is 3.98. The number of rotatable bonds is 1. The van der Waals surface area contributed by atoms with Gasteiger partial charge in [-0.25, -0.2) is 0 Å². The quantitative estimate of drug-likeness (QED) is 0.482. The van der Waals surface area contributed by atoms with Gasteiger partial charge in [0.15, 0.2) is 0 Å². The molecule has 3 aliphatic rings. The van der Waals surface area contributed by atoms with Crippen molar-refractivity contribution >= 4 is 0 Å². The lowest BCUT2D eigenvalue weighted by atomic mass is 9.79. The van der Waals surface area contributed by atoms with Crippen molar-refractivity contribution < 1.29 is 0 Å². The first-order valence-electron chi connectivity index (χ1n) is 3.91. The Morgan fingerprint density at radius 2 is 2.50 bits per heavy atom. The third kappa shape index (κ3) is 0.167. The predicted molar refractivity (Wildman–Crippen MR) is 32.4 cm³/mol. The van der Waals surface area contributed by atoms with Crippen LogP contribution in [0.3, 0.4) is 0 Å². The molecule has 0 aromatic carbocycles. The molecule has 4 atom stereocenters. The molecule has 4 unspecified atom stereocenters. The fraction of sp³-hybridized carbons (Fsp3) is 1.00. The topological polar surface area (TPSA) is 0 Å². The summed E-state index contributed by atoms with van der Waals surface area (Å²) in [7, 11) is 0. The highest BCUT2D eigenvalue weighted by atomic mass is 14.9. The van der Waals surface area contributed by atoms with E-state index >= 15 is 0 Å². The zero-order valence-corrected chi connectivity index (χ0v) is 5.35. The summed E-state index contributed by atoms with van der Waals surface area (Å²) in [6.45, 7) is 2.35. The smallest absolute Gasteiger partial charge is 0.0201 e. The van der Waals surface area contributed by atoms with Crippen LogP contribution in [-0.2, 0) is 0 Å². The van der Waals surface area contributed by atoms with E-state index in [1.165, 1.54) is 24.2 Å². The average molecular weight is 108 g/mol. The number of hydrogen-bond acceptors (Lipinski definition) is 0. The van der Waals surface area contributed by atoms with Gasteiger partial charge in [0.05, 0.1) is 0 Å². The van der Waals surface area contributed by atoms with Gasteiger partial charge in [-0.1, -0.05) is 13.3 Å². The molecule has 0 amide bonds. The van der Waals surface area contributed by atoms with Gasteiger partial charge in [0.25, 0.3) is 0 Å². The molecule has 0 radical (unpaired) electrons. The molecule has 0 aromatic rings. The summed E-state index contributed by atoms with van der Waals surface area (Å²) in [6, 6.07) is 0. The lowest BCUT2D eigenvalue weighted by Crippen LogP contribution is -2.18. The largest absolute Gasteiger partial charge is 0.0651 e. The second-order valence-corrected chi connectivity index (χ2v) is 3.80. The third-order valence-corrected chi connectivity index (χ3v) is 3.98. The molecule has 0 nitrogen and oxygen atoms in total. The van der Waals surface area contributed by atoms with Gasteiger partial charge in [0, 0.05) is 0 Å². The molecule has 1 spiro atoms. The van der Waals surface area contributed by atoms with Crippen molar-refractivity contribution in [2.24, 2.45) is 23.2 Å². The molecule has 3 saturated carbocycles. The summed E-state index contributed by atoms with van der Waals surface area (Å²) in [5.74, 6) is 3.72. The Morgan fingerprint density at radius 1 is 1.62 bits per heavy atom. The zero-order chi connectivity index (χ0) is 5.35. The summed E-state index contributed by atoms with van der Waals surface area (Å²) < 4.78 is 0. The van der Waals surface area contributed by atoms with Crippen LogP contribution in [0.5, 0.6) is 0 Å². The van der Waals surface area contributed by atoms with Crippen LogP contribution in [-0.4, -0.2) is 0 Å². The second kappa shape index (κ2) is 0.778. The van der Waals surface area contributed by atoms with Crippen molar-refractivity contribution in [1.29, 1.82) is 0 Å². The Balaban J connectivity index is 1.86. The lowest BCUT2D eigenvalue weighted by Gasteiger charge is -2.26. The van der Waals surface area contributed by atoms with Crippen molar-refractivity contribution in [2.75, 3.05) is 0 Å². The van der Waals surface area contributed by atoms with E-state index in [2.05, 4.69) is 6.92 Å². The fourth-order valence-corrected chi connectivity index (χ4v) is 3.39. The van der Waals surface area contributed by atoms with Crippen LogP contribution in [0, 0.1) is 23.2 Å². The maximum atomic E-state index is 2.35. The van der Waals surface area contributed by atoms with Crippen molar-refractivity contribution in [3.63, 3.8) is 0 Å². The van der Waals surface area contributed by atoms with E-state index in [1.807, 2.05) is 0 Å². The van der Waals surface area contributed by atoms with Gasteiger partial charge in [-0.2, -0.15) is 0 Å². The molecular formula is C8H12. The summed E-state index contributed by atoms with van der Waals surface area (Å²) in [6.07, 6.45) is 4.66. The van der Waals surface area contributed by atoms with E-state index in [0.29, 0.717) is 0 Å². The van der Waals surface area contributed by atoms with Crippen LogP contribution in [0.1, 0.15) is 26.2 Å². The maximum Gasteiger partial charge on any atom is -0.0201 e. The Morgan fingerprint density at radius 3 is 2.62 bits per heavy atom. The molecule has 8 heavy (non-hydrogen) atoms. The summed E-state index contributed by atoms with van der Waals surface area (Å²) in [4.78, 5) is 0. The molecule has 3 aliphatic carbocycles. The van der Waals surface area contributed by atoms with Gasteiger partial charge in [-0.05, 0) is 36.0 Å². The van der Waals surface area contributed by atoms with Crippen LogP contribution in [0.25, 0.3) is 0 Å². The van der Waals surface area contributed by atoms with E-state index in [-0.39, 0.29) is 0 Å². The van der Waals surface area contributed by atoms with Gasteiger partial charge >= 0.3 is 0 Å². The fourth-order valence-electron chi connectivity index (χ4n) is 3.39. The van der Waals surface area contributed by atoms with E-state index in [0.717, 1.165) is 5.41 Å². The highest BCUT2D eigenvalue weighted by molar-refractivity contribution is 5.36. The van der Waals surface area contributed by atoms with Crippen LogP contribution in [0.15, 0.2) is 0 Å². The lowest BCUT2D eigenvalue weighted by molar-refractivity contribution is 0.232. The van der Waals surface area contributed by atoms with Gasteiger partial charge < -0.3 is 0 Å². The average Bonchev–Trinajstić information content (AvgIpc) is 2.49. The van der Waals surface area contributed by atoms with E-state index in [4.69, 9.17) is 0 Å². The van der Waals surface area contributed by atoms with Crippen molar-refractivity contribution in [1.82, 2.24) is 0 Å². The minimum atomic E-state index is 1.02. The van der Waals surface area contributed by atoms with Gasteiger partial charge in [0.2, 0.25) is 0 Å². The van der Waals surface area contributed by atoms with Crippen molar-refractivity contribution in [2.45, 2.75) is 26.2 Å². The first-order valence-corrected chi connectivity index (χ1v) is 3.91. The van der Waals surface area contributed by atoms with E-state index in [9.17, 15) is 0 Å². The molecule has 0 aliphatic heterocycles. The Hall–Kier alpha value is 0. The zero-order valence-electron chi connectivity index (χ0n) is 5.35. The SMILES string of the molecule is CCC1C2C3CCC132. The second-order valence-electron chi connectivity index (χ2n) is 3.80. The van der Waals surface area contributed by atoms with Crippen LogP contribution in [0.4, 0.5) is 0 Å². The van der Waals surface area contributed by atoms with Crippen LogP contribution in [0.2, 0.25) is 0 Å². The van der Waals surface area contributed by atoms with Crippen LogP contribution >= 0.6 is 0 Å². The van der Waals surface area contributed by atoms with Gasteiger partial charge in [0.1, 0.15) is 0 Å². The number of fused-ring (bicyclic) bond motifs is 1. The number of hydrogen-bond donors (Lipinski definition) is 0. The summed E-state index contributed by atoms with van der Waals surface area (Å²) in [5, 5.41) is 0. The standard InChI is InChI=1S/C8H12/c1-2-5-7-6-3-4-8(5,6)7/h5-7H,2-4H2,1H3. The monoisotopic (exact) mass is 108 g/mol. The minimum absolute atomic E-state index is 1.02. The highest BCUT2D eigenvalue weighted by Crippen LogP contribution is 2.94.